The van der Waals surface area contributed by atoms with Crippen LogP contribution in [0, 0.1) is 0 Å². The third-order valence-corrected chi connectivity index (χ3v) is 4.45. The van der Waals surface area contributed by atoms with Crippen LogP contribution >= 0.6 is 12.4 Å². The molecule has 0 fully saturated rings. The number of aryl methyl sites for hydroxylation is 1. The Kier molecular flexibility index (Phi) is 8.35. The van der Waals surface area contributed by atoms with Crippen LogP contribution in [-0.4, -0.2) is 37.5 Å². The maximum atomic E-state index is 12.8. The quantitative estimate of drug-likeness (QED) is 0.455. The molecule has 158 valence electrons. The minimum Gasteiger partial charge on any atom is -0.412 e. The first-order chi connectivity index (χ1) is 13.0. The van der Waals surface area contributed by atoms with Gasteiger partial charge in [-0.3, -0.25) is 18.9 Å². The van der Waals surface area contributed by atoms with Crippen molar-refractivity contribution < 1.29 is 5.48 Å². The summed E-state index contributed by atoms with van der Waals surface area (Å²) < 4.78 is 2.85. The summed E-state index contributed by atoms with van der Waals surface area (Å²) in [5, 5.41) is 0. The zero-order valence-corrected chi connectivity index (χ0v) is 17.5. The highest BCUT2D eigenvalue weighted by Gasteiger charge is 2.17. The van der Waals surface area contributed by atoms with Crippen molar-refractivity contribution >= 4 is 29.4 Å². The number of hydrogen-bond donors (Lipinski definition) is 2. The predicted molar refractivity (Wildman–Crippen MR) is 118 cm³/mol. The lowest BCUT2D eigenvalue weighted by Crippen LogP contribution is -2.40. The van der Waals surface area contributed by atoms with E-state index in [-0.39, 0.29) is 29.1 Å². The highest BCUT2D eigenvalue weighted by atomic mass is 35.5. The van der Waals surface area contributed by atoms with Gasteiger partial charge in [-0.2, -0.15) is 0 Å². The lowest BCUT2D eigenvalue weighted by Gasteiger charge is -2.09. The first kappa shape index (κ1) is 24.1. The van der Waals surface area contributed by atoms with Crippen molar-refractivity contribution in [2.75, 3.05) is 7.05 Å². The molecule has 1 aromatic carbocycles. The van der Waals surface area contributed by atoms with E-state index in [2.05, 4.69) is 15.0 Å². The highest BCUT2D eigenvalue weighted by Crippen LogP contribution is 2.19. The van der Waals surface area contributed by atoms with Gasteiger partial charge in [0, 0.05) is 31.3 Å². The molecule has 0 aliphatic carbocycles. The van der Waals surface area contributed by atoms with Crippen LogP contribution in [0.2, 0.25) is 0 Å². The second kappa shape index (κ2) is 10.0. The van der Waals surface area contributed by atoms with Crippen molar-refractivity contribution in [3.63, 3.8) is 0 Å². The van der Waals surface area contributed by atoms with E-state index in [0.717, 1.165) is 17.5 Å². The number of aliphatic imine (C=N–C) groups is 1. The zero-order chi connectivity index (χ0) is 19.6. The Morgan fingerprint density at radius 3 is 2.24 bits per heavy atom. The molecular weight excluding hydrogens is 396 g/mol. The number of H-pyrrole nitrogens is 1. The van der Waals surface area contributed by atoms with Crippen LogP contribution in [0.5, 0.6) is 0 Å². The molecular formula is C19H27ClN6O3. The number of rotatable bonds is 6. The Labute approximate surface area is 174 Å². The summed E-state index contributed by atoms with van der Waals surface area (Å²) in [5.74, 6) is 0.990. The fourth-order valence-corrected chi connectivity index (χ4v) is 3.08. The fraction of sp³-hybridized carbons (Fsp3) is 0.368. The van der Waals surface area contributed by atoms with Crippen LogP contribution in [-0.2, 0) is 13.1 Å². The molecule has 3 aromatic rings. The number of halogens is 1. The average Bonchev–Trinajstić information content (AvgIpc) is 3.13. The third kappa shape index (κ3) is 4.41. The second-order valence-corrected chi connectivity index (χ2v) is 6.36. The number of nitrogens with two attached hydrogens (primary N) is 1. The summed E-state index contributed by atoms with van der Waals surface area (Å²) in [6, 6.07) is 7.41. The summed E-state index contributed by atoms with van der Waals surface area (Å²) in [6.07, 6.45) is 1.47. The Balaban J connectivity index is 0.00000210. The summed E-state index contributed by atoms with van der Waals surface area (Å²) in [5.41, 5.74) is 7.54. The van der Waals surface area contributed by atoms with Crippen LogP contribution in [0.4, 0.5) is 0 Å². The second-order valence-electron chi connectivity index (χ2n) is 6.36. The Hall–Kier alpha value is -2.91. The summed E-state index contributed by atoms with van der Waals surface area (Å²) in [6.45, 7) is 4.81. The smallest absolute Gasteiger partial charge is 0.332 e. The van der Waals surface area contributed by atoms with E-state index in [0.29, 0.717) is 42.3 Å². The Morgan fingerprint density at radius 1 is 1.10 bits per heavy atom. The number of aromatic nitrogens is 4. The van der Waals surface area contributed by atoms with E-state index in [1.54, 1.807) is 11.6 Å². The normalized spacial score (nSPS) is 11.2. The van der Waals surface area contributed by atoms with Crippen LogP contribution < -0.4 is 17.0 Å². The third-order valence-electron chi connectivity index (χ3n) is 4.45. The maximum absolute atomic E-state index is 12.8. The first-order valence-electron chi connectivity index (χ1n) is 9.08. The number of fused-ring (bicyclic) bond motifs is 1. The van der Waals surface area contributed by atoms with Gasteiger partial charge in [0.05, 0.1) is 0 Å². The van der Waals surface area contributed by atoms with Gasteiger partial charge in [-0.1, -0.05) is 38.1 Å². The molecule has 3 rings (SSSR count). The number of benzene rings is 1. The molecule has 0 aliphatic rings. The van der Waals surface area contributed by atoms with Crippen LogP contribution in [0.3, 0.4) is 0 Å². The van der Waals surface area contributed by atoms with Crippen molar-refractivity contribution in [3.8, 4) is 11.4 Å². The minimum atomic E-state index is -0.332. The number of nitrogens with zero attached hydrogens (tertiary/aromatic N) is 4. The van der Waals surface area contributed by atoms with Gasteiger partial charge in [-0.05, 0) is 12.8 Å². The van der Waals surface area contributed by atoms with Crippen molar-refractivity contribution in [2.45, 2.75) is 39.8 Å². The van der Waals surface area contributed by atoms with E-state index in [9.17, 15) is 9.59 Å². The van der Waals surface area contributed by atoms with E-state index in [1.807, 2.05) is 38.1 Å². The van der Waals surface area contributed by atoms with Crippen LogP contribution in [0.15, 0.2) is 38.8 Å². The van der Waals surface area contributed by atoms with Crippen LogP contribution in [0.25, 0.3) is 22.6 Å². The fourth-order valence-electron chi connectivity index (χ4n) is 3.08. The molecule has 5 N–H and O–H groups in total. The molecule has 0 unspecified atom stereocenters. The molecule has 2 heterocycles. The van der Waals surface area contributed by atoms with Gasteiger partial charge in [0.2, 0.25) is 0 Å². The number of amidine groups is 1. The number of hydrogen-bond acceptors (Lipinski definition) is 4. The molecule has 0 spiro atoms. The molecule has 0 bridgehead atoms. The molecule has 0 saturated carbocycles. The zero-order valence-electron chi connectivity index (χ0n) is 16.7. The molecule has 2 aromatic heterocycles. The SMILES string of the molecule is CCCn1c(=O)c2[nH]c(-c3ccc(C(N)=NC)cc3)nc2n(CCC)c1=O.Cl.O. The molecule has 0 radical (unpaired) electrons. The van der Waals surface area contributed by atoms with Gasteiger partial charge < -0.3 is 16.2 Å². The van der Waals surface area contributed by atoms with Gasteiger partial charge >= 0.3 is 5.69 Å². The molecule has 29 heavy (non-hydrogen) atoms. The summed E-state index contributed by atoms with van der Waals surface area (Å²) in [7, 11) is 1.64. The van der Waals surface area contributed by atoms with Gasteiger partial charge in [-0.15, -0.1) is 12.4 Å². The van der Waals surface area contributed by atoms with Gasteiger partial charge in [0.1, 0.15) is 17.2 Å². The van der Waals surface area contributed by atoms with Gasteiger partial charge in [-0.25, -0.2) is 9.78 Å². The van der Waals surface area contributed by atoms with Crippen molar-refractivity contribution in [1.82, 2.24) is 19.1 Å². The van der Waals surface area contributed by atoms with Crippen molar-refractivity contribution in [2.24, 2.45) is 10.7 Å². The molecule has 0 saturated heterocycles. The summed E-state index contributed by atoms with van der Waals surface area (Å²) >= 11 is 0. The highest BCUT2D eigenvalue weighted by molar-refractivity contribution is 5.97. The lowest BCUT2D eigenvalue weighted by atomic mass is 10.1. The van der Waals surface area contributed by atoms with Crippen LogP contribution in [0.1, 0.15) is 32.3 Å². The number of imidazole rings is 1. The monoisotopic (exact) mass is 422 g/mol. The van der Waals surface area contributed by atoms with E-state index in [4.69, 9.17) is 5.73 Å². The molecule has 0 aliphatic heterocycles. The van der Waals surface area contributed by atoms with Crippen molar-refractivity contribution in [1.29, 1.82) is 0 Å². The Morgan fingerprint density at radius 2 is 1.69 bits per heavy atom. The molecule has 10 heteroatoms. The lowest BCUT2D eigenvalue weighted by molar-refractivity contribution is 0.555. The largest absolute Gasteiger partial charge is 0.412 e. The van der Waals surface area contributed by atoms with E-state index >= 15 is 0 Å². The predicted octanol–water partition coefficient (Wildman–Crippen LogP) is 1.31. The van der Waals surface area contributed by atoms with Gasteiger partial charge in [0.15, 0.2) is 5.65 Å². The topological polar surface area (TPSA) is 143 Å². The molecule has 0 amide bonds. The van der Waals surface area contributed by atoms with Crippen molar-refractivity contribution in [3.05, 3.63) is 50.7 Å². The molecule has 0 atom stereocenters. The van der Waals surface area contributed by atoms with Gasteiger partial charge in [0.25, 0.3) is 5.56 Å². The summed E-state index contributed by atoms with van der Waals surface area (Å²) in [4.78, 5) is 37.1. The minimum absolute atomic E-state index is 0. The maximum Gasteiger partial charge on any atom is 0.332 e. The molecule has 9 nitrogen and oxygen atoms in total. The average molecular weight is 423 g/mol. The van der Waals surface area contributed by atoms with E-state index in [1.165, 1.54) is 4.57 Å². The standard InChI is InChI=1S/C19H24N6O2.ClH.H2O/c1-4-10-24-17-14(18(26)25(11-5-2)19(24)27)22-16(23-17)13-8-6-12(7-9-13)15(20)21-3;;/h6-9H,4-5,10-11H2,1-3H3,(H2,20,21)(H,22,23);1H;1H2. The van der Waals surface area contributed by atoms with E-state index < -0.39 is 0 Å². The Bertz CT molecular complexity index is 1110. The number of nitrogens with one attached hydrogen (secondary N) is 1. The first-order valence-corrected chi connectivity index (χ1v) is 9.08. The number of aromatic amines is 1.